The highest BCUT2D eigenvalue weighted by Gasteiger charge is 2.43. The molecular weight excluding hydrogens is 145 g/mol. The number of ether oxygens (including phenoxy) is 1. The Kier molecular flexibility index (Phi) is 1.85. The van der Waals surface area contributed by atoms with Crippen molar-refractivity contribution in [3.8, 4) is 0 Å². The van der Waals surface area contributed by atoms with Crippen molar-refractivity contribution in [1.29, 1.82) is 0 Å². The molecule has 0 aromatic carbocycles. The highest BCUT2D eigenvalue weighted by Crippen LogP contribution is 2.34. The van der Waals surface area contributed by atoms with Crippen LogP contribution in [-0.2, 0) is 4.74 Å². The molecule has 2 rings (SSSR count). The molecule has 2 nitrogen and oxygen atoms in total. The van der Waals surface area contributed by atoms with Crippen LogP contribution in [0.25, 0.3) is 0 Å². The van der Waals surface area contributed by atoms with Crippen LogP contribution in [-0.4, -0.2) is 32.0 Å². The van der Waals surface area contributed by atoms with Gasteiger partial charge in [0.05, 0.1) is 6.61 Å². The molecular formula is C8H14FNO. The Balaban J connectivity index is 2.00. The molecule has 0 aliphatic carbocycles. The van der Waals surface area contributed by atoms with Crippen LogP contribution in [0.4, 0.5) is 4.39 Å². The molecule has 3 heteroatoms. The molecule has 0 amide bonds. The molecule has 2 aliphatic heterocycles. The summed E-state index contributed by atoms with van der Waals surface area (Å²) in [6.07, 6.45) is 1.57. The predicted octanol–water partition coefficient (Wildman–Crippen LogP) is 0.724. The largest absolute Gasteiger partial charge is 0.381 e. The van der Waals surface area contributed by atoms with Crippen LogP contribution in [0, 0.1) is 5.92 Å². The zero-order chi connectivity index (χ0) is 7.73. The summed E-state index contributed by atoms with van der Waals surface area (Å²) >= 11 is 0. The third-order valence-corrected chi connectivity index (χ3v) is 2.80. The minimum atomic E-state index is -0.962. The van der Waals surface area contributed by atoms with Crippen LogP contribution in [0.2, 0.25) is 0 Å². The monoisotopic (exact) mass is 159 g/mol. The molecule has 0 spiro atoms. The first kappa shape index (κ1) is 7.50. The molecule has 0 aromatic rings. The van der Waals surface area contributed by atoms with E-state index in [1.54, 1.807) is 0 Å². The Morgan fingerprint density at radius 1 is 1.55 bits per heavy atom. The first-order valence-corrected chi connectivity index (χ1v) is 4.29. The number of halogens is 1. The summed E-state index contributed by atoms with van der Waals surface area (Å²) in [7, 11) is 0. The zero-order valence-electron chi connectivity index (χ0n) is 6.61. The van der Waals surface area contributed by atoms with Gasteiger partial charge in [-0.25, -0.2) is 4.39 Å². The lowest BCUT2D eigenvalue weighted by atomic mass is 9.88. The first-order chi connectivity index (χ1) is 5.31. The molecule has 1 N–H and O–H groups in total. The summed E-state index contributed by atoms with van der Waals surface area (Å²) in [5, 5.41) is 3.06. The van der Waals surface area contributed by atoms with Crippen molar-refractivity contribution in [2.24, 2.45) is 5.92 Å². The summed E-state index contributed by atoms with van der Waals surface area (Å²) in [5.41, 5.74) is -0.962. The van der Waals surface area contributed by atoms with Gasteiger partial charge in [-0.05, 0) is 19.4 Å². The number of nitrogens with one attached hydrogen (secondary N) is 1. The van der Waals surface area contributed by atoms with E-state index in [-0.39, 0.29) is 5.92 Å². The van der Waals surface area contributed by atoms with Gasteiger partial charge in [-0.1, -0.05) is 0 Å². The zero-order valence-corrected chi connectivity index (χ0v) is 6.61. The van der Waals surface area contributed by atoms with Gasteiger partial charge in [0, 0.05) is 19.1 Å². The van der Waals surface area contributed by atoms with Crippen molar-refractivity contribution in [3.05, 3.63) is 0 Å². The third-order valence-electron chi connectivity index (χ3n) is 2.80. The summed E-state index contributed by atoms with van der Waals surface area (Å²) in [6.45, 7) is 2.72. The number of hydrogen-bond donors (Lipinski definition) is 1. The van der Waals surface area contributed by atoms with E-state index >= 15 is 0 Å². The van der Waals surface area contributed by atoms with Crippen LogP contribution < -0.4 is 5.32 Å². The minimum absolute atomic E-state index is 0.150. The van der Waals surface area contributed by atoms with E-state index < -0.39 is 5.67 Å². The Morgan fingerprint density at radius 2 is 2.45 bits per heavy atom. The van der Waals surface area contributed by atoms with Gasteiger partial charge in [0.25, 0.3) is 0 Å². The van der Waals surface area contributed by atoms with Gasteiger partial charge >= 0.3 is 0 Å². The van der Waals surface area contributed by atoms with Crippen molar-refractivity contribution < 1.29 is 9.13 Å². The van der Waals surface area contributed by atoms with Gasteiger partial charge in [0.15, 0.2) is 0 Å². The first-order valence-electron chi connectivity index (χ1n) is 4.29. The second-order valence-corrected chi connectivity index (χ2v) is 3.52. The lowest BCUT2D eigenvalue weighted by Gasteiger charge is -2.23. The second kappa shape index (κ2) is 2.72. The van der Waals surface area contributed by atoms with Gasteiger partial charge < -0.3 is 10.1 Å². The van der Waals surface area contributed by atoms with Crippen LogP contribution in [0.1, 0.15) is 12.8 Å². The summed E-state index contributed by atoms with van der Waals surface area (Å²) < 4.78 is 19.0. The normalized spacial score (nSPS) is 45.0. The number of alkyl halides is 1. The second-order valence-electron chi connectivity index (χ2n) is 3.52. The fourth-order valence-corrected chi connectivity index (χ4v) is 1.97. The Hall–Kier alpha value is -0.150. The molecule has 2 saturated heterocycles. The molecule has 2 unspecified atom stereocenters. The van der Waals surface area contributed by atoms with Crippen molar-refractivity contribution >= 4 is 0 Å². The molecule has 0 aromatic heterocycles. The van der Waals surface area contributed by atoms with Crippen LogP contribution in [0.15, 0.2) is 0 Å². The Bertz CT molecular complexity index is 139. The maximum absolute atomic E-state index is 13.9. The van der Waals surface area contributed by atoms with Crippen molar-refractivity contribution in [2.75, 3.05) is 26.3 Å². The lowest BCUT2D eigenvalue weighted by molar-refractivity contribution is 0.0852. The summed E-state index contributed by atoms with van der Waals surface area (Å²) in [6, 6.07) is 0. The molecule has 11 heavy (non-hydrogen) atoms. The molecule has 0 saturated carbocycles. The van der Waals surface area contributed by atoms with Crippen LogP contribution in [0.5, 0.6) is 0 Å². The molecule has 2 heterocycles. The summed E-state index contributed by atoms with van der Waals surface area (Å²) in [5.74, 6) is 0.150. The fraction of sp³-hybridized carbons (Fsp3) is 1.00. The van der Waals surface area contributed by atoms with Gasteiger partial charge in [0.1, 0.15) is 5.67 Å². The van der Waals surface area contributed by atoms with E-state index in [1.165, 1.54) is 0 Å². The van der Waals surface area contributed by atoms with E-state index in [1.807, 2.05) is 0 Å². The maximum atomic E-state index is 13.9. The molecule has 0 radical (unpaired) electrons. The van der Waals surface area contributed by atoms with Crippen LogP contribution in [0.3, 0.4) is 0 Å². The number of rotatable bonds is 1. The summed E-state index contributed by atoms with van der Waals surface area (Å²) in [4.78, 5) is 0. The average Bonchev–Trinajstić information content (AvgIpc) is 2.55. The average molecular weight is 159 g/mol. The Labute approximate surface area is 66.1 Å². The van der Waals surface area contributed by atoms with Crippen LogP contribution >= 0.6 is 0 Å². The van der Waals surface area contributed by atoms with Gasteiger partial charge in [-0.15, -0.1) is 0 Å². The highest BCUT2D eigenvalue weighted by atomic mass is 19.1. The molecule has 2 atom stereocenters. The molecule has 2 fully saturated rings. The fourth-order valence-electron chi connectivity index (χ4n) is 1.97. The van der Waals surface area contributed by atoms with Gasteiger partial charge in [-0.3, -0.25) is 0 Å². The minimum Gasteiger partial charge on any atom is -0.381 e. The van der Waals surface area contributed by atoms with Crippen molar-refractivity contribution in [2.45, 2.75) is 18.5 Å². The quantitative estimate of drug-likeness (QED) is 0.609. The van der Waals surface area contributed by atoms with Crippen molar-refractivity contribution in [1.82, 2.24) is 5.32 Å². The van der Waals surface area contributed by atoms with E-state index in [0.29, 0.717) is 19.6 Å². The molecule has 64 valence electrons. The molecule has 2 aliphatic rings. The number of hydrogen-bond acceptors (Lipinski definition) is 2. The van der Waals surface area contributed by atoms with Crippen molar-refractivity contribution in [3.63, 3.8) is 0 Å². The van der Waals surface area contributed by atoms with E-state index in [0.717, 1.165) is 19.6 Å². The van der Waals surface area contributed by atoms with Gasteiger partial charge in [0.2, 0.25) is 0 Å². The predicted molar refractivity (Wildman–Crippen MR) is 40.3 cm³/mol. The topological polar surface area (TPSA) is 21.3 Å². The lowest BCUT2D eigenvalue weighted by Crippen LogP contribution is -2.35. The third kappa shape index (κ3) is 1.27. The highest BCUT2D eigenvalue weighted by molar-refractivity contribution is 4.95. The standard InChI is InChI=1S/C8H14FNO/c9-8(2-3-10-6-8)7-1-4-11-5-7/h7,10H,1-6H2. The Morgan fingerprint density at radius 3 is 3.00 bits per heavy atom. The smallest absolute Gasteiger partial charge is 0.129 e. The maximum Gasteiger partial charge on any atom is 0.129 e. The SMILES string of the molecule is FC1(C2CCOC2)CCNC1. The molecule has 0 bridgehead atoms. The van der Waals surface area contributed by atoms with E-state index in [2.05, 4.69) is 5.32 Å². The van der Waals surface area contributed by atoms with E-state index in [9.17, 15) is 4.39 Å². The van der Waals surface area contributed by atoms with Gasteiger partial charge in [-0.2, -0.15) is 0 Å². The van der Waals surface area contributed by atoms with E-state index in [4.69, 9.17) is 4.74 Å².